The van der Waals surface area contributed by atoms with Gasteiger partial charge in [0, 0.05) is 24.3 Å². The zero-order valence-electron chi connectivity index (χ0n) is 11.0. The second kappa shape index (κ2) is 5.00. The molecule has 0 amide bonds. The number of aromatic nitrogens is 2. The van der Waals surface area contributed by atoms with Crippen LogP contribution >= 0.6 is 0 Å². The van der Waals surface area contributed by atoms with Crippen molar-refractivity contribution < 1.29 is 4.74 Å². The third-order valence-electron chi connectivity index (χ3n) is 3.10. The van der Waals surface area contributed by atoms with Gasteiger partial charge in [-0.1, -0.05) is 13.8 Å². The molecule has 0 saturated carbocycles. The first kappa shape index (κ1) is 12.3. The molecule has 0 aliphatic carbocycles. The van der Waals surface area contributed by atoms with E-state index in [2.05, 4.69) is 36.1 Å². The molecule has 1 fully saturated rings. The minimum absolute atomic E-state index is 0.257. The molecular formula is C13H21N3O. The van der Waals surface area contributed by atoms with Crippen LogP contribution in [0.4, 0.5) is 5.82 Å². The molecular weight excluding hydrogens is 214 g/mol. The van der Waals surface area contributed by atoms with E-state index in [0.29, 0.717) is 12.0 Å². The number of anilines is 1. The normalized spacial score (nSPS) is 24.3. The summed E-state index contributed by atoms with van der Waals surface area (Å²) in [5.41, 5.74) is 1.01. The first-order valence-electron chi connectivity index (χ1n) is 6.30. The fourth-order valence-corrected chi connectivity index (χ4v) is 2.03. The van der Waals surface area contributed by atoms with Gasteiger partial charge in [0.05, 0.1) is 12.1 Å². The molecule has 94 valence electrons. The van der Waals surface area contributed by atoms with Crippen LogP contribution in [0.3, 0.4) is 0 Å². The average molecular weight is 235 g/mol. The molecule has 2 unspecified atom stereocenters. The van der Waals surface area contributed by atoms with Crippen LogP contribution in [0.5, 0.6) is 0 Å². The van der Waals surface area contributed by atoms with Crippen LogP contribution in [0, 0.1) is 6.92 Å². The molecule has 0 aromatic carbocycles. The molecule has 2 heterocycles. The van der Waals surface area contributed by atoms with Gasteiger partial charge < -0.3 is 10.1 Å². The van der Waals surface area contributed by atoms with Crippen LogP contribution in [0.1, 0.15) is 44.6 Å². The lowest BCUT2D eigenvalue weighted by atomic mass is 10.1. The summed E-state index contributed by atoms with van der Waals surface area (Å²) in [4.78, 5) is 9.00. The van der Waals surface area contributed by atoms with Crippen molar-refractivity contribution >= 4 is 5.82 Å². The number of ether oxygens (including phenoxy) is 1. The standard InChI is InChI=1S/C13H21N3O/c1-8(2)13-14-9(3)7-12(16-13)15-11-5-6-17-10(11)4/h7-8,10-11H,5-6H2,1-4H3,(H,14,15,16). The summed E-state index contributed by atoms with van der Waals surface area (Å²) in [6.07, 6.45) is 1.30. The van der Waals surface area contributed by atoms with Crippen molar-refractivity contribution in [2.45, 2.75) is 52.2 Å². The first-order chi connectivity index (χ1) is 8.06. The molecule has 1 N–H and O–H groups in total. The van der Waals surface area contributed by atoms with E-state index in [1.165, 1.54) is 0 Å². The van der Waals surface area contributed by atoms with Crippen molar-refractivity contribution in [3.8, 4) is 0 Å². The van der Waals surface area contributed by atoms with Crippen LogP contribution in [0.25, 0.3) is 0 Å². The largest absolute Gasteiger partial charge is 0.376 e. The number of hydrogen-bond donors (Lipinski definition) is 1. The number of nitrogens with zero attached hydrogens (tertiary/aromatic N) is 2. The Morgan fingerprint density at radius 1 is 1.41 bits per heavy atom. The quantitative estimate of drug-likeness (QED) is 0.874. The van der Waals surface area contributed by atoms with E-state index >= 15 is 0 Å². The zero-order chi connectivity index (χ0) is 12.4. The van der Waals surface area contributed by atoms with Crippen molar-refractivity contribution in [2.24, 2.45) is 0 Å². The third kappa shape index (κ3) is 2.94. The molecule has 1 aliphatic rings. The average Bonchev–Trinajstić information content (AvgIpc) is 2.63. The van der Waals surface area contributed by atoms with Crippen LogP contribution in [0.2, 0.25) is 0 Å². The van der Waals surface area contributed by atoms with Gasteiger partial charge in [-0.15, -0.1) is 0 Å². The summed E-state index contributed by atoms with van der Waals surface area (Å²) in [5, 5.41) is 3.45. The Morgan fingerprint density at radius 2 is 2.18 bits per heavy atom. The number of nitrogens with one attached hydrogen (secondary N) is 1. The maximum absolute atomic E-state index is 5.54. The number of aryl methyl sites for hydroxylation is 1. The summed E-state index contributed by atoms with van der Waals surface area (Å²) in [6.45, 7) is 9.16. The highest BCUT2D eigenvalue weighted by atomic mass is 16.5. The van der Waals surface area contributed by atoms with Crippen molar-refractivity contribution in [1.29, 1.82) is 0 Å². The highest BCUT2D eigenvalue weighted by Crippen LogP contribution is 2.19. The fourth-order valence-electron chi connectivity index (χ4n) is 2.03. The van der Waals surface area contributed by atoms with Crippen LogP contribution in [-0.4, -0.2) is 28.7 Å². The second-order valence-electron chi connectivity index (χ2n) is 5.02. The van der Waals surface area contributed by atoms with E-state index in [0.717, 1.165) is 30.4 Å². The highest BCUT2D eigenvalue weighted by Gasteiger charge is 2.24. The van der Waals surface area contributed by atoms with E-state index in [-0.39, 0.29) is 6.10 Å². The molecule has 1 saturated heterocycles. The molecule has 4 heteroatoms. The summed E-state index contributed by atoms with van der Waals surface area (Å²) in [7, 11) is 0. The van der Waals surface area contributed by atoms with Crippen molar-refractivity contribution in [2.75, 3.05) is 11.9 Å². The highest BCUT2D eigenvalue weighted by molar-refractivity contribution is 5.37. The van der Waals surface area contributed by atoms with Gasteiger partial charge in [-0.3, -0.25) is 0 Å². The Morgan fingerprint density at radius 3 is 2.76 bits per heavy atom. The molecule has 1 aromatic rings. The smallest absolute Gasteiger partial charge is 0.133 e. The van der Waals surface area contributed by atoms with Gasteiger partial charge in [-0.05, 0) is 20.3 Å². The predicted molar refractivity (Wildman–Crippen MR) is 68.3 cm³/mol. The first-order valence-corrected chi connectivity index (χ1v) is 6.30. The van der Waals surface area contributed by atoms with Crippen LogP contribution in [0.15, 0.2) is 6.07 Å². The lowest BCUT2D eigenvalue weighted by molar-refractivity contribution is 0.121. The minimum Gasteiger partial charge on any atom is -0.376 e. The lowest BCUT2D eigenvalue weighted by Gasteiger charge is -2.17. The Kier molecular flexibility index (Phi) is 3.62. The van der Waals surface area contributed by atoms with Crippen LogP contribution < -0.4 is 5.32 Å². The summed E-state index contributed by atoms with van der Waals surface area (Å²) < 4.78 is 5.54. The molecule has 2 atom stereocenters. The molecule has 2 rings (SSSR count). The van der Waals surface area contributed by atoms with Gasteiger partial charge in [0.2, 0.25) is 0 Å². The van der Waals surface area contributed by atoms with Gasteiger partial charge in [-0.2, -0.15) is 0 Å². The van der Waals surface area contributed by atoms with Gasteiger partial charge in [0.15, 0.2) is 0 Å². The van der Waals surface area contributed by atoms with Gasteiger partial charge in [0.25, 0.3) is 0 Å². The second-order valence-corrected chi connectivity index (χ2v) is 5.02. The molecule has 0 spiro atoms. The van der Waals surface area contributed by atoms with E-state index < -0.39 is 0 Å². The van der Waals surface area contributed by atoms with E-state index in [9.17, 15) is 0 Å². The Bertz CT molecular complexity index is 392. The molecule has 1 aromatic heterocycles. The molecule has 1 aliphatic heterocycles. The SMILES string of the molecule is Cc1cc(NC2CCOC2C)nc(C(C)C)n1. The summed E-state index contributed by atoms with van der Waals surface area (Å²) in [6, 6.07) is 2.36. The Balaban J connectivity index is 2.15. The summed E-state index contributed by atoms with van der Waals surface area (Å²) in [5.74, 6) is 2.18. The topological polar surface area (TPSA) is 47.0 Å². The monoisotopic (exact) mass is 235 g/mol. The molecule has 0 radical (unpaired) electrons. The van der Waals surface area contributed by atoms with Gasteiger partial charge >= 0.3 is 0 Å². The fraction of sp³-hybridized carbons (Fsp3) is 0.692. The molecule has 4 nitrogen and oxygen atoms in total. The molecule has 17 heavy (non-hydrogen) atoms. The van der Waals surface area contributed by atoms with E-state index in [4.69, 9.17) is 4.74 Å². The van der Waals surface area contributed by atoms with E-state index in [1.807, 2.05) is 13.0 Å². The molecule has 0 bridgehead atoms. The predicted octanol–water partition coefficient (Wildman–Crippen LogP) is 2.50. The van der Waals surface area contributed by atoms with Crippen molar-refractivity contribution in [3.05, 3.63) is 17.6 Å². The van der Waals surface area contributed by atoms with Crippen LogP contribution in [-0.2, 0) is 4.74 Å². The lowest BCUT2D eigenvalue weighted by Crippen LogP contribution is -2.27. The minimum atomic E-state index is 0.257. The van der Waals surface area contributed by atoms with Crippen molar-refractivity contribution in [1.82, 2.24) is 9.97 Å². The number of rotatable bonds is 3. The van der Waals surface area contributed by atoms with Gasteiger partial charge in [0.1, 0.15) is 11.6 Å². The Labute approximate surface area is 103 Å². The zero-order valence-corrected chi connectivity index (χ0v) is 11.0. The maximum atomic E-state index is 5.54. The van der Waals surface area contributed by atoms with Gasteiger partial charge in [-0.25, -0.2) is 9.97 Å². The third-order valence-corrected chi connectivity index (χ3v) is 3.10. The van der Waals surface area contributed by atoms with Crippen molar-refractivity contribution in [3.63, 3.8) is 0 Å². The maximum Gasteiger partial charge on any atom is 0.133 e. The number of hydrogen-bond acceptors (Lipinski definition) is 4. The Hall–Kier alpha value is -1.16. The van der Waals surface area contributed by atoms with E-state index in [1.54, 1.807) is 0 Å². The summed E-state index contributed by atoms with van der Waals surface area (Å²) >= 11 is 0.